The highest BCUT2D eigenvalue weighted by atomic mass is 127. The van der Waals surface area contributed by atoms with Crippen LogP contribution in [0.15, 0.2) is 66.2 Å². The molecule has 8 heteroatoms. The van der Waals surface area contributed by atoms with E-state index in [0.29, 0.717) is 6.61 Å². The summed E-state index contributed by atoms with van der Waals surface area (Å²) in [5, 5.41) is 5.80. The van der Waals surface area contributed by atoms with Crippen LogP contribution in [-0.2, 0) is 12.8 Å². The molecule has 0 radical (unpaired) electrons. The van der Waals surface area contributed by atoms with E-state index in [9.17, 15) is 0 Å². The van der Waals surface area contributed by atoms with Crippen molar-refractivity contribution in [1.29, 1.82) is 0 Å². The lowest BCUT2D eigenvalue weighted by atomic mass is 9.93. The maximum absolute atomic E-state index is 6.16. The maximum Gasteiger partial charge on any atom is 0.191 e. The predicted molar refractivity (Wildman–Crippen MR) is 153 cm³/mol. The SMILES string of the molecule is CC(NCCc1cccs1)c1ccc2c(c1)CC(c1nc3cc(-c4ccnc(I)n4)ccc3[nH]1)CO2. The molecule has 2 unspecified atom stereocenters. The van der Waals surface area contributed by atoms with E-state index >= 15 is 0 Å². The minimum Gasteiger partial charge on any atom is -0.493 e. The Balaban J connectivity index is 1.17. The summed E-state index contributed by atoms with van der Waals surface area (Å²) in [4.78, 5) is 18.6. The number of rotatable bonds is 7. The molecule has 6 nitrogen and oxygen atoms in total. The Labute approximate surface area is 227 Å². The largest absolute Gasteiger partial charge is 0.493 e. The molecule has 0 fully saturated rings. The second-order valence-electron chi connectivity index (χ2n) is 9.15. The van der Waals surface area contributed by atoms with Crippen molar-refractivity contribution in [1.82, 2.24) is 25.3 Å². The summed E-state index contributed by atoms with van der Waals surface area (Å²) in [6.45, 7) is 3.82. The van der Waals surface area contributed by atoms with Gasteiger partial charge in [-0.05, 0) is 66.6 Å². The standard InChI is InChI=1S/C28H26IN5OS/c1-17(30-10-8-22-3-2-12-36-22)18-5-7-26-20(13-18)14-21(16-35-26)27-32-24-6-4-19(15-25(24)33-27)23-9-11-31-28(29)34-23/h2-7,9,11-13,15,17,21,30H,8,10,14,16H2,1H3,(H,32,33). The number of hydrogen-bond donors (Lipinski definition) is 2. The Morgan fingerprint density at radius 1 is 1.17 bits per heavy atom. The smallest absolute Gasteiger partial charge is 0.191 e. The van der Waals surface area contributed by atoms with Crippen molar-refractivity contribution in [3.63, 3.8) is 0 Å². The van der Waals surface area contributed by atoms with Crippen molar-refractivity contribution >= 4 is 45.0 Å². The van der Waals surface area contributed by atoms with Gasteiger partial charge in [-0.25, -0.2) is 15.0 Å². The number of benzene rings is 2. The van der Waals surface area contributed by atoms with E-state index in [1.807, 2.05) is 17.4 Å². The van der Waals surface area contributed by atoms with Crippen molar-refractivity contribution in [2.75, 3.05) is 13.2 Å². The third-order valence-electron chi connectivity index (χ3n) is 6.70. The highest BCUT2D eigenvalue weighted by molar-refractivity contribution is 14.1. The monoisotopic (exact) mass is 607 g/mol. The highest BCUT2D eigenvalue weighted by Gasteiger charge is 2.25. The molecule has 2 N–H and O–H groups in total. The molecule has 3 aromatic heterocycles. The van der Waals surface area contributed by atoms with Gasteiger partial charge < -0.3 is 15.0 Å². The molecule has 1 aliphatic heterocycles. The van der Waals surface area contributed by atoms with Crippen molar-refractivity contribution in [3.05, 3.63) is 91.8 Å². The van der Waals surface area contributed by atoms with Crippen LogP contribution in [0.3, 0.4) is 0 Å². The number of nitrogens with zero attached hydrogens (tertiary/aromatic N) is 3. The van der Waals surface area contributed by atoms with Gasteiger partial charge in [0.25, 0.3) is 0 Å². The fourth-order valence-corrected chi connectivity index (χ4v) is 5.85. The number of thiophene rings is 1. The van der Waals surface area contributed by atoms with Gasteiger partial charge >= 0.3 is 0 Å². The zero-order valence-corrected chi connectivity index (χ0v) is 22.8. The fourth-order valence-electron chi connectivity index (χ4n) is 4.72. The molecule has 0 bridgehead atoms. The Kier molecular flexibility index (Phi) is 6.73. The quantitative estimate of drug-likeness (QED) is 0.168. The van der Waals surface area contributed by atoms with Gasteiger partial charge in [-0.3, -0.25) is 0 Å². The van der Waals surface area contributed by atoms with Gasteiger partial charge in [0.05, 0.1) is 29.3 Å². The number of ether oxygens (including phenoxy) is 1. The van der Waals surface area contributed by atoms with Crippen LogP contribution in [0.25, 0.3) is 22.3 Å². The van der Waals surface area contributed by atoms with Gasteiger partial charge in [-0.1, -0.05) is 24.3 Å². The Bertz CT molecular complexity index is 1500. The summed E-state index contributed by atoms with van der Waals surface area (Å²) in [6.07, 6.45) is 3.75. The molecule has 0 spiro atoms. The van der Waals surface area contributed by atoms with Crippen molar-refractivity contribution in [2.24, 2.45) is 0 Å². The van der Waals surface area contributed by atoms with E-state index in [-0.39, 0.29) is 12.0 Å². The van der Waals surface area contributed by atoms with Crippen molar-refractivity contribution < 1.29 is 4.74 Å². The number of hydrogen-bond acceptors (Lipinski definition) is 6. The highest BCUT2D eigenvalue weighted by Crippen LogP contribution is 2.34. The second-order valence-corrected chi connectivity index (χ2v) is 11.1. The minimum atomic E-state index is 0.186. The van der Waals surface area contributed by atoms with Gasteiger partial charge in [0.2, 0.25) is 0 Å². The molecule has 1 aliphatic rings. The summed E-state index contributed by atoms with van der Waals surface area (Å²) >= 11 is 3.95. The van der Waals surface area contributed by atoms with E-state index in [0.717, 1.165) is 57.1 Å². The summed E-state index contributed by atoms with van der Waals surface area (Å²) in [5.74, 6) is 2.14. The fraction of sp³-hybridized carbons (Fsp3) is 0.250. The molecule has 6 rings (SSSR count). The van der Waals surface area contributed by atoms with Gasteiger partial charge in [0.1, 0.15) is 11.6 Å². The van der Waals surface area contributed by atoms with E-state index in [4.69, 9.17) is 9.72 Å². The summed E-state index contributed by atoms with van der Waals surface area (Å²) in [5.41, 5.74) is 6.45. The molecule has 4 heterocycles. The lowest BCUT2D eigenvalue weighted by Gasteiger charge is -2.25. The van der Waals surface area contributed by atoms with E-state index in [1.54, 1.807) is 6.20 Å². The van der Waals surface area contributed by atoms with Crippen LogP contribution in [0.2, 0.25) is 0 Å². The van der Waals surface area contributed by atoms with E-state index in [2.05, 4.69) is 104 Å². The Hall–Kier alpha value is -2.82. The molecular weight excluding hydrogens is 581 g/mol. The number of aromatic amines is 1. The first-order chi connectivity index (χ1) is 17.6. The summed E-state index contributed by atoms with van der Waals surface area (Å²) in [6, 6.07) is 19.4. The predicted octanol–water partition coefficient (Wildman–Crippen LogP) is 6.30. The van der Waals surface area contributed by atoms with Crippen LogP contribution in [0.4, 0.5) is 0 Å². The molecular formula is C28H26IN5OS. The summed E-state index contributed by atoms with van der Waals surface area (Å²) in [7, 11) is 0. The Morgan fingerprint density at radius 3 is 2.97 bits per heavy atom. The molecule has 0 amide bonds. The normalized spacial score (nSPS) is 16.0. The van der Waals surface area contributed by atoms with E-state index < -0.39 is 0 Å². The first-order valence-electron chi connectivity index (χ1n) is 12.1. The second kappa shape index (κ2) is 10.3. The zero-order chi connectivity index (χ0) is 24.5. The average molecular weight is 608 g/mol. The average Bonchev–Trinajstić information content (AvgIpc) is 3.57. The summed E-state index contributed by atoms with van der Waals surface area (Å²) < 4.78 is 6.89. The van der Waals surface area contributed by atoms with Gasteiger partial charge in [0, 0.05) is 51.8 Å². The molecule has 0 saturated heterocycles. The number of aromatic nitrogens is 4. The van der Waals surface area contributed by atoms with Crippen LogP contribution in [-0.4, -0.2) is 33.1 Å². The van der Waals surface area contributed by atoms with Crippen molar-refractivity contribution in [2.45, 2.75) is 31.7 Å². The molecule has 36 heavy (non-hydrogen) atoms. The lowest BCUT2D eigenvalue weighted by molar-refractivity contribution is 0.258. The van der Waals surface area contributed by atoms with Crippen LogP contribution < -0.4 is 10.1 Å². The number of H-pyrrole nitrogens is 1. The third kappa shape index (κ3) is 5.02. The molecule has 0 saturated carbocycles. The topological polar surface area (TPSA) is 75.7 Å². The molecule has 2 aromatic carbocycles. The lowest BCUT2D eigenvalue weighted by Crippen LogP contribution is -2.23. The molecule has 182 valence electrons. The minimum absolute atomic E-state index is 0.186. The third-order valence-corrected chi connectivity index (χ3v) is 8.16. The van der Waals surface area contributed by atoms with Crippen LogP contribution >= 0.6 is 33.9 Å². The van der Waals surface area contributed by atoms with Gasteiger partial charge in [-0.2, -0.15) is 0 Å². The molecule has 2 atom stereocenters. The first kappa shape index (κ1) is 23.6. The molecule has 5 aromatic rings. The number of imidazole rings is 1. The van der Waals surface area contributed by atoms with Gasteiger partial charge in [-0.15, -0.1) is 11.3 Å². The van der Waals surface area contributed by atoms with Crippen LogP contribution in [0, 0.1) is 3.83 Å². The van der Waals surface area contributed by atoms with Crippen LogP contribution in [0.1, 0.15) is 40.7 Å². The van der Waals surface area contributed by atoms with Gasteiger partial charge in [0.15, 0.2) is 3.83 Å². The van der Waals surface area contributed by atoms with Crippen molar-refractivity contribution in [3.8, 4) is 17.0 Å². The molecule has 0 aliphatic carbocycles. The first-order valence-corrected chi connectivity index (χ1v) is 14.1. The Morgan fingerprint density at radius 2 is 2.11 bits per heavy atom. The number of nitrogens with one attached hydrogen (secondary N) is 2. The van der Waals surface area contributed by atoms with Crippen LogP contribution in [0.5, 0.6) is 5.75 Å². The number of fused-ring (bicyclic) bond motifs is 2. The van der Waals surface area contributed by atoms with E-state index in [1.165, 1.54) is 16.0 Å². The number of halogens is 1. The zero-order valence-electron chi connectivity index (χ0n) is 19.9. The maximum atomic E-state index is 6.16.